The maximum Gasteiger partial charge on any atom is 0.223 e. The number of nitrogens with zero attached hydrogens (tertiary/aromatic N) is 2. The highest BCUT2D eigenvalue weighted by molar-refractivity contribution is 5.76. The molecule has 2 aromatic rings. The monoisotopic (exact) mass is 312 g/mol. The number of furan rings is 1. The molecule has 3 rings (SSSR count). The zero-order chi connectivity index (χ0) is 15.9. The molecule has 122 valence electrons. The molecule has 4 heteroatoms. The van der Waals surface area contributed by atoms with E-state index >= 15 is 0 Å². The Labute approximate surface area is 137 Å². The van der Waals surface area contributed by atoms with Crippen LogP contribution >= 0.6 is 0 Å². The molecule has 0 unspecified atom stereocenters. The first kappa shape index (κ1) is 15.8. The SMILES string of the molecule is O=C(CCc1ccco1)N1CCCN(Cc2ccccc2)CC1. The van der Waals surface area contributed by atoms with Crippen molar-refractivity contribution in [3.05, 3.63) is 60.1 Å². The first-order valence-corrected chi connectivity index (χ1v) is 8.38. The number of benzene rings is 1. The van der Waals surface area contributed by atoms with Crippen molar-refractivity contribution in [2.75, 3.05) is 26.2 Å². The molecule has 1 aliphatic heterocycles. The van der Waals surface area contributed by atoms with Gasteiger partial charge in [0.2, 0.25) is 5.91 Å². The third-order valence-electron chi connectivity index (χ3n) is 4.36. The Kier molecular flexibility index (Phi) is 5.48. The van der Waals surface area contributed by atoms with Crippen molar-refractivity contribution in [3.63, 3.8) is 0 Å². The second-order valence-corrected chi connectivity index (χ2v) is 6.08. The molecule has 0 radical (unpaired) electrons. The second kappa shape index (κ2) is 7.97. The molecule has 0 bridgehead atoms. The number of carbonyl (C=O) groups excluding carboxylic acids is 1. The van der Waals surface area contributed by atoms with Crippen LogP contribution in [0.25, 0.3) is 0 Å². The summed E-state index contributed by atoms with van der Waals surface area (Å²) in [7, 11) is 0. The van der Waals surface area contributed by atoms with Crippen molar-refractivity contribution in [1.29, 1.82) is 0 Å². The van der Waals surface area contributed by atoms with Gasteiger partial charge in [0.15, 0.2) is 0 Å². The van der Waals surface area contributed by atoms with E-state index in [1.54, 1.807) is 6.26 Å². The van der Waals surface area contributed by atoms with Gasteiger partial charge >= 0.3 is 0 Å². The Bertz CT molecular complexity index is 595. The smallest absolute Gasteiger partial charge is 0.223 e. The van der Waals surface area contributed by atoms with Crippen LogP contribution in [0.15, 0.2) is 53.1 Å². The molecule has 0 N–H and O–H groups in total. The van der Waals surface area contributed by atoms with Gasteiger partial charge in [-0.2, -0.15) is 0 Å². The molecule has 0 saturated carbocycles. The summed E-state index contributed by atoms with van der Waals surface area (Å²) in [6.07, 6.45) is 3.93. The topological polar surface area (TPSA) is 36.7 Å². The number of aryl methyl sites for hydroxylation is 1. The highest BCUT2D eigenvalue weighted by Gasteiger charge is 2.19. The van der Waals surface area contributed by atoms with Gasteiger partial charge in [0.25, 0.3) is 0 Å². The van der Waals surface area contributed by atoms with Crippen molar-refractivity contribution < 1.29 is 9.21 Å². The van der Waals surface area contributed by atoms with E-state index in [4.69, 9.17) is 4.42 Å². The molecule has 1 fully saturated rings. The van der Waals surface area contributed by atoms with Crippen molar-refractivity contribution in [1.82, 2.24) is 9.80 Å². The lowest BCUT2D eigenvalue weighted by Crippen LogP contribution is -2.35. The third-order valence-corrected chi connectivity index (χ3v) is 4.36. The van der Waals surface area contributed by atoms with Gasteiger partial charge < -0.3 is 9.32 Å². The van der Waals surface area contributed by atoms with E-state index in [0.29, 0.717) is 12.8 Å². The molecule has 0 atom stereocenters. The summed E-state index contributed by atoms with van der Waals surface area (Å²) in [5.74, 6) is 1.13. The summed E-state index contributed by atoms with van der Waals surface area (Å²) < 4.78 is 5.30. The molecule has 1 aromatic carbocycles. The van der Waals surface area contributed by atoms with E-state index in [-0.39, 0.29) is 5.91 Å². The average Bonchev–Trinajstić information content (AvgIpc) is 2.99. The predicted octanol–water partition coefficient (Wildman–Crippen LogP) is 2.95. The Balaban J connectivity index is 1.47. The zero-order valence-corrected chi connectivity index (χ0v) is 13.5. The van der Waals surface area contributed by atoms with E-state index in [2.05, 4.69) is 29.2 Å². The minimum absolute atomic E-state index is 0.239. The summed E-state index contributed by atoms with van der Waals surface area (Å²) in [6.45, 7) is 4.65. The summed E-state index contributed by atoms with van der Waals surface area (Å²) in [5.41, 5.74) is 1.34. The van der Waals surface area contributed by atoms with Crippen molar-refractivity contribution in [2.45, 2.75) is 25.8 Å². The molecular weight excluding hydrogens is 288 g/mol. The number of amides is 1. The van der Waals surface area contributed by atoms with E-state index in [1.807, 2.05) is 23.1 Å². The maximum absolute atomic E-state index is 12.4. The third kappa shape index (κ3) is 4.70. The Morgan fingerprint density at radius 3 is 2.65 bits per heavy atom. The van der Waals surface area contributed by atoms with Crippen LogP contribution in [0.2, 0.25) is 0 Å². The highest BCUT2D eigenvalue weighted by Crippen LogP contribution is 2.11. The molecule has 4 nitrogen and oxygen atoms in total. The normalized spacial score (nSPS) is 16.3. The first-order chi connectivity index (χ1) is 11.3. The second-order valence-electron chi connectivity index (χ2n) is 6.08. The quantitative estimate of drug-likeness (QED) is 0.852. The summed E-state index contributed by atoms with van der Waals surface area (Å²) in [6, 6.07) is 14.3. The molecule has 2 heterocycles. The fourth-order valence-electron chi connectivity index (χ4n) is 3.06. The van der Waals surface area contributed by atoms with Gasteiger partial charge in [-0.1, -0.05) is 30.3 Å². The highest BCUT2D eigenvalue weighted by atomic mass is 16.3. The van der Waals surface area contributed by atoms with Gasteiger partial charge in [-0.25, -0.2) is 0 Å². The van der Waals surface area contributed by atoms with E-state index in [0.717, 1.165) is 44.9 Å². The minimum Gasteiger partial charge on any atom is -0.469 e. The molecule has 1 aromatic heterocycles. The Morgan fingerprint density at radius 2 is 1.87 bits per heavy atom. The number of rotatable bonds is 5. The number of carbonyl (C=O) groups is 1. The van der Waals surface area contributed by atoms with Crippen LogP contribution in [0.5, 0.6) is 0 Å². The van der Waals surface area contributed by atoms with Gasteiger partial charge in [0.05, 0.1) is 6.26 Å². The summed E-state index contributed by atoms with van der Waals surface area (Å²) in [5, 5.41) is 0. The van der Waals surface area contributed by atoms with Crippen LogP contribution in [-0.2, 0) is 17.8 Å². The van der Waals surface area contributed by atoms with Gasteiger partial charge in [-0.15, -0.1) is 0 Å². The van der Waals surface area contributed by atoms with E-state index in [1.165, 1.54) is 5.56 Å². The lowest BCUT2D eigenvalue weighted by Gasteiger charge is -2.22. The van der Waals surface area contributed by atoms with Crippen molar-refractivity contribution in [3.8, 4) is 0 Å². The predicted molar refractivity (Wildman–Crippen MR) is 89.9 cm³/mol. The van der Waals surface area contributed by atoms with Crippen LogP contribution in [0.3, 0.4) is 0 Å². The molecule has 23 heavy (non-hydrogen) atoms. The molecule has 1 saturated heterocycles. The largest absolute Gasteiger partial charge is 0.469 e. The first-order valence-electron chi connectivity index (χ1n) is 8.38. The molecule has 1 aliphatic rings. The molecule has 1 amide bonds. The lowest BCUT2D eigenvalue weighted by molar-refractivity contribution is -0.131. The number of hydrogen-bond donors (Lipinski definition) is 0. The van der Waals surface area contributed by atoms with Gasteiger partial charge in [0, 0.05) is 45.6 Å². The van der Waals surface area contributed by atoms with E-state index in [9.17, 15) is 4.79 Å². The molecule has 0 aliphatic carbocycles. The zero-order valence-electron chi connectivity index (χ0n) is 13.5. The Hall–Kier alpha value is -2.07. The standard InChI is InChI=1S/C19H24N2O2/c22-19(10-9-18-8-4-15-23-18)21-12-5-11-20(13-14-21)16-17-6-2-1-3-7-17/h1-4,6-8,15H,5,9-14,16H2. The van der Waals surface area contributed by atoms with Gasteiger partial charge in [0.1, 0.15) is 5.76 Å². The van der Waals surface area contributed by atoms with Crippen LogP contribution in [-0.4, -0.2) is 41.9 Å². The Morgan fingerprint density at radius 1 is 1.00 bits per heavy atom. The summed E-state index contributed by atoms with van der Waals surface area (Å²) >= 11 is 0. The summed E-state index contributed by atoms with van der Waals surface area (Å²) in [4.78, 5) is 16.8. The van der Waals surface area contributed by atoms with Crippen LogP contribution < -0.4 is 0 Å². The van der Waals surface area contributed by atoms with Gasteiger partial charge in [-0.05, 0) is 24.1 Å². The van der Waals surface area contributed by atoms with Crippen LogP contribution in [0.4, 0.5) is 0 Å². The lowest BCUT2D eigenvalue weighted by atomic mass is 10.2. The van der Waals surface area contributed by atoms with Crippen LogP contribution in [0, 0.1) is 0 Å². The van der Waals surface area contributed by atoms with E-state index < -0.39 is 0 Å². The number of hydrogen-bond acceptors (Lipinski definition) is 3. The fraction of sp³-hybridized carbons (Fsp3) is 0.421. The molecular formula is C19H24N2O2. The van der Waals surface area contributed by atoms with Crippen molar-refractivity contribution in [2.24, 2.45) is 0 Å². The minimum atomic E-state index is 0.239. The fourth-order valence-corrected chi connectivity index (χ4v) is 3.06. The van der Waals surface area contributed by atoms with Crippen LogP contribution in [0.1, 0.15) is 24.2 Å². The van der Waals surface area contributed by atoms with Gasteiger partial charge in [-0.3, -0.25) is 9.69 Å². The average molecular weight is 312 g/mol. The maximum atomic E-state index is 12.4. The molecule has 0 spiro atoms. The van der Waals surface area contributed by atoms with Crippen molar-refractivity contribution >= 4 is 5.91 Å².